The fourth-order valence-corrected chi connectivity index (χ4v) is 3.78. The number of rotatable bonds is 3. The Bertz CT molecular complexity index is 584. The smallest absolute Gasteiger partial charge is 0.134 e. The Morgan fingerprint density at radius 2 is 2.10 bits per heavy atom. The molecule has 0 saturated heterocycles. The Hall–Kier alpha value is -1.28. The lowest BCUT2D eigenvalue weighted by atomic mass is 9.76. The first kappa shape index (κ1) is 13.7. The monoisotopic (exact) mass is 272 g/mol. The molecule has 2 nitrogen and oxygen atoms in total. The summed E-state index contributed by atoms with van der Waals surface area (Å²) in [6.45, 7) is 4.23. The number of aliphatic hydroxyl groups is 1. The van der Waals surface area contributed by atoms with Crippen LogP contribution in [0.5, 0.6) is 0 Å². The summed E-state index contributed by atoms with van der Waals surface area (Å²) >= 11 is 0. The summed E-state index contributed by atoms with van der Waals surface area (Å²) in [6, 6.07) is 8.04. The molecule has 0 aliphatic heterocycles. The SMILES string of the molecule is CCC1CCCC(C(O)c2c(C)oc3ccccc23)C1. The van der Waals surface area contributed by atoms with Gasteiger partial charge < -0.3 is 9.52 Å². The van der Waals surface area contributed by atoms with Crippen LogP contribution >= 0.6 is 0 Å². The Kier molecular flexibility index (Phi) is 3.84. The van der Waals surface area contributed by atoms with E-state index in [1.807, 2.05) is 25.1 Å². The highest BCUT2D eigenvalue weighted by Crippen LogP contribution is 2.41. The number of aryl methyl sites for hydroxylation is 1. The predicted octanol–water partition coefficient (Wildman–Crippen LogP) is 4.99. The molecular weight excluding hydrogens is 248 g/mol. The number of aliphatic hydroxyl groups excluding tert-OH is 1. The molecule has 0 amide bonds. The van der Waals surface area contributed by atoms with E-state index < -0.39 is 0 Å². The lowest BCUT2D eigenvalue weighted by Gasteiger charge is -2.31. The lowest BCUT2D eigenvalue weighted by Crippen LogP contribution is -2.21. The van der Waals surface area contributed by atoms with Crippen LogP contribution in [0.15, 0.2) is 28.7 Å². The Morgan fingerprint density at radius 1 is 1.30 bits per heavy atom. The van der Waals surface area contributed by atoms with Crippen molar-refractivity contribution in [3.8, 4) is 0 Å². The van der Waals surface area contributed by atoms with Crippen LogP contribution in [0.3, 0.4) is 0 Å². The van der Waals surface area contributed by atoms with E-state index in [4.69, 9.17) is 4.42 Å². The number of fused-ring (bicyclic) bond motifs is 1. The van der Waals surface area contributed by atoms with Crippen molar-refractivity contribution < 1.29 is 9.52 Å². The number of hydrogen-bond acceptors (Lipinski definition) is 2. The quantitative estimate of drug-likeness (QED) is 0.853. The third-order valence-corrected chi connectivity index (χ3v) is 4.96. The first-order chi connectivity index (χ1) is 9.70. The van der Waals surface area contributed by atoms with Crippen molar-refractivity contribution >= 4 is 11.0 Å². The van der Waals surface area contributed by atoms with Crippen molar-refractivity contribution in [3.05, 3.63) is 35.6 Å². The second-order valence-electron chi connectivity index (χ2n) is 6.21. The summed E-state index contributed by atoms with van der Waals surface area (Å²) in [5.74, 6) is 2.03. The number of benzene rings is 1. The van der Waals surface area contributed by atoms with Crippen molar-refractivity contribution in [1.82, 2.24) is 0 Å². The van der Waals surface area contributed by atoms with E-state index in [9.17, 15) is 5.11 Å². The van der Waals surface area contributed by atoms with E-state index in [0.717, 1.165) is 41.1 Å². The van der Waals surface area contributed by atoms with Gasteiger partial charge in [0.2, 0.25) is 0 Å². The van der Waals surface area contributed by atoms with Gasteiger partial charge in [-0.2, -0.15) is 0 Å². The first-order valence-electron chi connectivity index (χ1n) is 7.86. The molecule has 1 aliphatic rings. The van der Waals surface area contributed by atoms with Crippen LogP contribution in [0, 0.1) is 18.8 Å². The minimum atomic E-state index is -0.381. The molecule has 1 N–H and O–H groups in total. The minimum Gasteiger partial charge on any atom is -0.461 e. The summed E-state index contributed by atoms with van der Waals surface area (Å²) in [5.41, 5.74) is 1.91. The molecule has 1 aromatic heterocycles. The van der Waals surface area contributed by atoms with Gasteiger partial charge in [0.25, 0.3) is 0 Å². The molecule has 3 atom stereocenters. The fraction of sp³-hybridized carbons (Fsp3) is 0.556. The highest BCUT2D eigenvalue weighted by Gasteiger charge is 2.30. The molecule has 1 aromatic carbocycles. The Morgan fingerprint density at radius 3 is 2.90 bits per heavy atom. The normalized spacial score (nSPS) is 24.9. The van der Waals surface area contributed by atoms with E-state index in [1.54, 1.807) is 0 Å². The van der Waals surface area contributed by atoms with Gasteiger partial charge in [-0.3, -0.25) is 0 Å². The molecule has 2 heteroatoms. The van der Waals surface area contributed by atoms with E-state index in [2.05, 4.69) is 13.0 Å². The van der Waals surface area contributed by atoms with Crippen molar-refractivity contribution in [2.75, 3.05) is 0 Å². The fourth-order valence-electron chi connectivity index (χ4n) is 3.78. The Balaban J connectivity index is 1.92. The molecular formula is C18H24O2. The molecule has 0 bridgehead atoms. The van der Waals surface area contributed by atoms with Gasteiger partial charge in [-0.15, -0.1) is 0 Å². The summed E-state index contributed by atoms with van der Waals surface area (Å²) in [5, 5.41) is 11.9. The molecule has 1 aliphatic carbocycles. The highest BCUT2D eigenvalue weighted by molar-refractivity contribution is 5.82. The standard InChI is InChI=1S/C18H24O2/c1-3-13-7-6-8-14(11-13)18(19)17-12(2)20-16-10-5-4-9-15(16)17/h4-5,9-10,13-14,18-19H,3,6-8,11H2,1-2H3. The van der Waals surface area contributed by atoms with Gasteiger partial charge in [-0.05, 0) is 37.7 Å². The number of furan rings is 1. The average molecular weight is 272 g/mol. The van der Waals surface area contributed by atoms with Crippen LogP contribution in [0.25, 0.3) is 11.0 Å². The molecule has 3 unspecified atom stereocenters. The van der Waals surface area contributed by atoms with Gasteiger partial charge in [0, 0.05) is 10.9 Å². The third kappa shape index (κ3) is 2.37. The zero-order valence-corrected chi connectivity index (χ0v) is 12.4. The number of para-hydroxylation sites is 1. The molecule has 108 valence electrons. The second kappa shape index (κ2) is 5.61. The highest BCUT2D eigenvalue weighted by atomic mass is 16.3. The van der Waals surface area contributed by atoms with E-state index in [-0.39, 0.29) is 6.10 Å². The molecule has 20 heavy (non-hydrogen) atoms. The zero-order chi connectivity index (χ0) is 14.1. The van der Waals surface area contributed by atoms with Crippen LogP contribution in [0.4, 0.5) is 0 Å². The molecule has 0 radical (unpaired) electrons. The molecule has 1 saturated carbocycles. The van der Waals surface area contributed by atoms with Crippen molar-refractivity contribution in [1.29, 1.82) is 0 Å². The lowest BCUT2D eigenvalue weighted by molar-refractivity contribution is 0.0676. The number of hydrogen-bond donors (Lipinski definition) is 1. The van der Waals surface area contributed by atoms with Crippen molar-refractivity contribution in [3.63, 3.8) is 0 Å². The van der Waals surface area contributed by atoms with Gasteiger partial charge in [0.1, 0.15) is 11.3 Å². The van der Waals surface area contributed by atoms with E-state index >= 15 is 0 Å². The average Bonchev–Trinajstić information content (AvgIpc) is 2.82. The largest absolute Gasteiger partial charge is 0.461 e. The summed E-state index contributed by atoms with van der Waals surface area (Å²) in [4.78, 5) is 0. The van der Waals surface area contributed by atoms with E-state index in [0.29, 0.717) is 5.92 Å². The Labute approximate surface area is 120 Å². The van der Waals surface area contributed by atoms with Gasteiger partial charge in [-0.1, -0.05) is 44.4 Å². The minimum absolute atomic E-state index is 0.381. The maximum absolute atomic E-state index is 10.9. The first-order valence-corrected chi connectivity index (χ1v) is 7.86. The summed E-state index contributed by atoms with van der Waals surface area (Å²) < 4.78 is 5.80. The van der Waals surface area contributed by atoms with Gasteiger partial charge in [0.05, 0.1) is 6.10 Å². The maximum atomic E-state index is 10.9. The van der Waals surface area contributed by atoms with Crippen molar-refractivity contribution in [2.24, 2.45) is 11.8 Å². The molecule has 3 rings (SSSR count). The van der Waals surface area contributed by atoms with Gasteiger partial charge in [0.15, 0.2) is 0 Å². The van der Waals surface area contributed by atoms with Gasteiger partial charge >= 0.3 is 0 Å². The van der Waals surface area contributed by atoms with Crippen LogP contribution in [0.2, 0.25) is 0 Å². The van der Waals surface area contributed by atoms with Crippen LogP contribution in [0.1, 0.15) is 56.5 Å². The topological polar surface area (TPSA) is 33.4 Å². The predicted molar refractivity (Wildman–Crippen MR) is 81.6 cm³/mol. The summed E-state index contributed by atoms with van der Waals surface area (Å²) in [7, 11) is 0. The van der Waals surface area contributed by atoms with Crippen molar-refractivity contribution in [2.45, 2.75) is 52.1 Å². The third-order valence-electron chi connectivity index (χ3n) is 4.96. The molecule has 1 heterocycles. The van der Waals surface area contributed by atoms with E-state index in [1.165, 1.54) is 19.3 Å². The van der Waals surface area contributed by atoms with Crippen LogP contribution in [-0.2, 0) is 0 Å². The van der Waals surface area contributed by atoms with Crippen LogP contribution < -0.4 is 0 Å². The zero-order valence-electron chi connectivity index (χ0n) is 12.4. The second-order valence-corrected chi connectivity index (χ2v) is 6.21. The summed E-state index contributed by atoms with van der Waals surface area (Å²) in [6.07, 6.45) is 5.70. The molecule has 0 spiro atoms. The van der Waals surface area contributed by atoms with Gasteiger partial charge in [-0.25, -0.2) is 0 Å². The maximum Gasteiger partial charge on any atom is 0.134 e. The van der Waals surface area contributed by atoms with Crippen LogP contribution in [-0.4, -0.2) is 5.11 Å². The molecule has 2 aromatic rings. The molecule has 1 fully saturated rings.